The second-order valence-electron chi connectivity index (χ2n) is 5.13. The molecule has 0 spiro atoms. The summed E-state index contributed by atoms with van der Waals surface area (Å²) in [4.78, 5) is 4.86. The van der Waals surface area contributed by atoms with Gasteiger partial charge in [0, 0.05) is 31.4 Å². The molecule has 1 saturated heterocycles. The highest BCUT2D eigenvalue weighted by molar-refractivity contribution is 5.50. The smallest absolute Gasteiger partial charge is 0.0991 e. The van der Waals surface area contributed by atoms with Crippen LogP contribution in [0.3, 0.4) is 0 Å². The van der Waals surface area contributed by atoms with Crippen LogP contribution < -0.4 is 10.2 Å². The second-order valence-corrected chi connectivity index (χ2v) is 5.13. The molecule has 1 heterocycles. The number of piperazine rings is 1. The zero-order valence-corrected chi connectivity index (χ0v) is 11.8. The van der Waals surface area contributed by atoms with Gasteiger partial charge in [0.1, 0.15) is 0 Å². The third-order valence-corrected chi connectivity index (χ3v) is 3.87. The maximum absolute atomic E-state index is 8.84. The van der Waals surface area contributed by atoms with Crippen molar-refractivity contribution in [2.24, 2.45) is 0 Å². The van der Waals surface area contributed by atoms with Crippen LogP contribution in [0.1, 0.15) is 12.0 Å². The summed E-state index contributed by atoms with van der Waals surface area (Å²) in [6.45, 7) is 4.26. The minimum absolute atomic E-state index is 0.594. The summed E-state index contributed by atoms with van der Waals surface area (Å²) in [5.74, 6) is 0. The van der Waals surface area contributed by atoms with Crippen LogP contribution >= 0.6 is 0 Å². The Kier molecular flexibility index (Phi) is 4.78. The number of likely N-dealkylation sites (N-methyl/N-ethyl adjacent to an activating group) is 1. The quantitative estimate of drug-likeness (QED) is 0.883. The predicted octanol–water partition coefficient (Wildman–Crippen LogP) is 1.29. The summed E-state index contributed by atoms with van der Waals surface area (Å²) in [7, 11) is 4.21. The Hall–Kier alpha value is -1.57. The fraction of sp³-hybridized carbons (Fsp3) is 0.533. The maximum atomic E-state index is 8.84. The first-order chi connectivity index (χ1) is 9.24. The van der Waals surface area contributed by atoms with E-state index in [1.807, 2.05) is 19.2 Å². The van der Waals surface area contributed by atoms with Crippen molar-refractivity contribution < 1.29 is 0 Å². The van der Waals surface area contributed by atoms with Crippen molar-refractivity contribution in [1.29, 1.82) is 5.26 Å². The first-order valence-electron chi connectivity index (χ1n) is 6.84. The number of rotatable bonds is 4. The molecule has 4 heteroatoms. The minimum atomic E-state index is 0.594. The van der Waals surface area contributed by atoms with Crippen molar-refractivity contribution in [1.82, 2.24) is 10.2 Å². The number of anilines is 1. The van der Waals surface area contributed by atoms with E-state index in [0.29, 0.717) is 6.04 Å². The van der Waals surface area contributed by atoms with Gasteiger partial charge in [0.05, 0.1) is 11.6 Å². The van der Waals surface area contributed by atoms with Crippen LogP contribution in [-0.4, -0.2) is 51.2 Å². The molecular formula is C15H22N4. The Bertz CT molecular complexity index is 434. The molecule has 1 aliphatic heterocycles. The van der Waals surface area contributed by atoms with Crippen molar-refractivity contribution in [3.05, 3.63) is 29.8 Å². The number of nitriles is 1. The monoisotopic (exact) mass is 258 g/mol. The third-order valence-electron chi connectivity index (χ3n) is 3.87. The molecule has 1 atom stereocenters. The molecule has 1 unspecified atom stereocenters. The zero-order chi connectivity index (χ0) is 13.7. The molecule has 0 saturated carbocycles. The Morgan fingerprint density at radius 1 is 1.32 bits per heavy atom. The summed E-state index contributed by atoms with van der Waals surface area (Å²) < 4.78 is 0. The largest absolute Gasteiger partial charge is 0.369 e. The summed E-state index contributed by atoms with van der Waals surface area (Å²) >= 11 is 0. The maximum Gasteiger partial charge on any atom is 0.0991 e. The molecule has 1 fully saturated rings. The van der Waals surface area contributed by atoms with Gasteiger partial charge in [-0.2, -0.15) is 5.26 Å². The number of hydrogen-bond acceptors (Lipinski definition) is 4. The van der Waals surface area contributed by atoms with Gasteiger partial charge in [0.25, 0.3) is 0 Å². The van der Waals surface area contributed by atoms with E-state index >= 15 is 0 Å². The van der Waals surface area contributed by atoms with Gasteiger partial charge in [-0.15, -0.1) is 0 Å². The normalized spacial score (nSPS) is 20.3. The van der Waals surface area contributed by atoms with Crippen LogP contribution in [0, 0.1) is 11.3 Å². The van der Waals surface area contributed by atoms with E-state index in [0.717, 1.165) is 31.7 Å². The van der Waals surface area contributed by atoms with Gasteiger partial charge in [-0.3, -0.25) is 4.90 Å². The standard InChI is InChI=1S/C15H22N4/c1-17-8-7-15-12-19(10-9-18(15)2)14-5-3-13(11-16)4-6-14/h3-6,15,17H,7-10,12H2,1-2H3. The van der Waals surface area contributed by atoms with Crippen molar-refractivity contribution in [3.8, 4) is 6.07 Å². The van der Waals surface area contributed by atoms with Crippen LogP contribution in [0.5, 0.6) is 0 Å². The van der Waals surface area contributed by atoms with Gasteiger partial charge in [0.15, 0.2) is 0 Å². The summed E-state index contributed by atoms with van der Waals surface area (Å²) in [5.41, 5.74) is 1.95. The molecule has 19 heavy (non-hydrogen) atoms. The number of nitrogens with one attached hydrogen (secondary N) is 1. The summed E-state index contributed by atoms with van der Waals surface area (Å²) in [6.07, 6.45) is 1.17. The highest BCUT2D eigenvalue weighted by Crippen LogP contribution is 2.20. The highest BCUT2D eigenvalue weighted by Gasteiger charge is 2.23. The number of nitrogens with zero attached hydrogens (tertiary/aromatic N) is 3. The van der Waals surface area contributed by atoms with Crippen LogP contribution in [-0.2, 0) is 0 Å². The molecule has 1 N–H and O–H groups in total. The highest BCUT2D eigenvalue weighted by atomic mass is 15.3. The lowest BCUT2D eigenvalue weighted by Crippen LogP contribution is -2.52. The molecule has 0 radical (unpaired) electrons. The summed E-state index contributed by atoms with van der Waals surface area (Å²) in [5, 5.41) is 12.1. The van der Waals surface area contributed by atoms with E-state index in [1.54, 1.807) is 0 Å². The Balaban J connectivity index is 2.02. The van der Waals surface area contributed by atoms with Crippen LogP contribution in [0.15, 0.2) is 24.3 Å². The van der Waals surface area contributed by atoms with E-state index in [2.05, 4.69) is 40.4 Å². The van der Waals surface area contributed by atoms with Crippen molar-refractivity contribution >= 4 is 5.69 Å². The lowest BCUT2D eigenvalue weighted by atomic mass is 10.1. The lowest BCUT2D eigenvalue weighted by Gasteiger charge is -2.40. The van der Waals surface area contributed by atoms with Gasteiger partial charge in [-0.25, -0.2) is 0 Å². The van der Waals surface area contributed by atoms with E-state index in [1.165, 1.54) is 12.1 Å². The van der Waals surface area contributed by atoms with E-state index in [9.17, 15) is 0 Å². The first-order valence-corrected chi connectivity index (χ1v) is 6.84. The molecule has 102 valence electrons. The molecule has 0 amide bonds. The van der Waals surface area contributed by atoms with Crippen LogP contribution in [0.4, 0.5) is 5.69 Å². The van der Waals surface area contributed by atoms with Gasteiger partial charge in [-0.05, 0) is 51.3 Å². The van der Waals surface area contributed by atoms with Crippen molar-refractivity contribution in [2.45, 2.75) is 12.5 Å². The summed E-state index contributed by atoms with van der Waals surface area (Å²) in [6, 6.07) is 10.7. The first kappa shape index (κ1) is 13.9. The molecular weight excluding hydrogens is 236 g/mol. The molecule has 2 rings (SSSR count). The predicted molar refractivity (Wildman–Crippen MR) is 78.3 cm³/mol. The minimum Gasteiger partial charge on any atom is -0.369 e. The lowest BCUT2D eigenvalue weighted by molar-refractivity contribution is 0.208. The average Bonchev–Trinajstić information content (AvgIpc) is 2.46. The van der Waals surface area contributed by atoms with Crippen molar-refractivity contribution in [3.63, 3.8) is 0 Å². The molecule has 0 aromatic heterocycles. The van der Waals surface area contributed by atoms with Crippen LogP contribution in [0.2, 0.25) is 0 Å². The number of benzene rings is 1. The Morgan fingerprint density at radius 3 is 2.68 bits per heavy atom. The molecule has 1 aliphatic rings. The molecule has 0 aliphatic carbocycles. The van der Waals surface area contributed by atoms with Gasteiger partial charge < -0.3 is 10.2 Å². The van der Waals surface area contributed by atoms with Crippen molar-refractivity contribution in [2.75, 3.05) is 45.2 Å². The molecule has 1 aromatic carbocycles. The Morgan fingerprint density at radius 2 is 2.05 bits per heavy atom. The van der Waals surface area contributed by atoms with E-state index < -0.39 is 0 Å². The molecule has 0 bridgehead atoms. The molecule has 1 aromatic rings. The zero-order valence-electron chi connectivity index (χ0n) is 11.8. The van der Waals surface area contributed by atoms with E-state index in [4.69, 9.17) is 5.26 Å². The van der Waals surface area contributed by atoms with Gasteiger partial charge >= 0.3 is 0 Å². The van der Waals surface area contributed by atoms with Gasteiger partial charge in [-0.1, -0.05) is 0 Å². The average molecular weight is 258 g/mol. The fourth-order valence-electron chi connectivity index (χ4n) is 2.55. The van der Waals surface area contributed by atoms with Gasteiger partial charge in [0.2, 0.25) is 0 Å². The SMILES string of the molecule is CNCCC1CN(c2ccc(C#N)cc2)CCN1C. The second kappa shape index (κ2) is 6.55. The molecule has 4 nitrogen and oxygen atoms in total. The van der Waals surface area contributed by atoms with Crippen LogP contribution in [0.25, 0.3) is 0 Å². The Labute approximate surface area is 115 Å². The van der Waals surface area contributed by atoms with E-state index in [-0.39, 0.29) is 0 Å². The third kappa shape index (κ3) is 3.46. The fourth-order valence-corrected chi connectivity index (χ4v) is 2.55. The topological polar surface area (TPSA) is 42.3 Å². The number of hydrogen-bond donors (Lipinski definition) is 1.